The Morgan fingerprint density at radius 3 is 2.83 bits per heavy atom. The van der Waals surface area contributed by atoms with Crippen molar-refractivity contribution in [3.05, 3.63) is 29.6 Å². The molecule has 18 heavy (non-hydrogen) atoms. The first-order chi connectivity index (χ1) is 8.69. The molecule has 2 nitrogen and oxygen atoms in total. The van der Waals surface area contributed by atoms with Crippen LogP contribution in [0, 0.1) is 25.1 Å². The Kier molecular flexibility index (Phi) is 4.22. The van der Waals surface area contributed by atoms with Crippen LogP contribution in [0.5, 0.6) is 0 Å². The first-order valence-corrected chi connectivity index (χ1v) is 6.37. The van der Waals surface area contributed by atoms with Gasteiger partial charge in [0.1, 0.15) is 5.82 Å². The van der Waals surface area contributed by atoms with Gasteiger partial charge in [-0.2, -0.15) is 0 Å². The van der Waals surface area contributed by atoms with Gasteiger partial charge in [-0.3, -0.25) is 4.90 Å². The first-order valence-electron chi connectivity index (χ1n) is 6.37. The Labute approximate surface area is 108 Å². The quantitative estimate of drug-likeness (QED) is 0.825. The van der Waals surface area contributed by atoms with Gasteiger partial charge in [0.2, 0.25) is 0 Å². The number of nitrogens with zero attached hydrogens (tertiary/aromatic N) is 1. The van der Waals surface area contributed by atoms with Crippen molar-refractivity contribution in [2.75, 3.05) is 25.0 Å². The highest BCUT2D eigenvalue weighted by atomic mass is 19.1. The molecular weight excluding hydrogens is 227 g/mol. The van der Waals surface area contributed by atoms with Crippen LogP contribution in [-0.4, -0.2) is 30.6 Å². The molecule has 1 fully saturated rings. The van der Waals surface area contributed by atoms with E-state index in [9.17, 15) is 4.39 Å². The SMILES string of the molecule is C#CCN1CCC(Nc2cc(F)ccc2C)CC1. The fourth-order valence-electron chi connectivity index (χ4n) is 2.33. The Hall–Kier alpha value is -1.53. The molecule has 2 rings (SSSR count). The number of likely N-dealkylation sites (tertiary alicyclic amines) is 1. The summed E-state index contributed by atoms with van der Waals surface area (Å²) < 4.78 is 13.2. The minimum Gasteiger partial charge on any atom is -0.382 e. The maximum atomic E-state index is 13.2. The van der Waals surface area contributed by atoms with Crippen molar-refractivity contribution in [3.63, 3.8) is 0 Å². The molecule has 0 atom stereocenters. The Bertz CT molecular complexity index is 442. The van der Waals surface area contributed by atoms with Gasteiger partial charge in [0.05, 0.1) is 6.54 Å². The molecular formula is C15H19FN2. The molecule has 0 bridgehead atoms. The van der Waals surface area contributed by atoms with Gasteiger partial charge in [-0.25, -0.2) is 4.39 Å². The van der Waals surface area contributed by atoms with Gasteiger partial charge in [-0.1, -0.05) is 12.0 Å². The Balaban J connectivity index is 1.92. The predicted molar refractivity (Wildman–Crippen MR) is 73.1 cm³/mol. The van der Waals surface area contributed by atoms with Gasteiger partial charge < -0.3 is 5.32 Å². The third-order valence-corrected chi connectivity index (χ3v) is 3.46. The van der Waals surface area contributed by atoms with E-state index in [0.29, 0.717) is 6.04 Å². The van der Waals surface area contributed by atoms with E-state index in [0.717, 1.165) is 43.7 Å². The van der Waals surface area contributed by atoms with E-state index in [1.807, 2.05) is 13.0 Å². The molecule has 1 N–H and O–H groups in total. The third-order valence-electron chi connectivity index (χ3n) is 3.46. The maximum absolute atomic E-state index is 13.2. The monoisotopic (exact) mass is 246 g/mol. The summed E-state index contributed by atoms with van der Waals surface area (Å²) in [6.07, 6.45) is 7.41. The summed E-state index contributed by atoms with van der Waals surface area (Å²) in [5, 5.41) is 3.43. The van der Waals surface area contributed by atoms with Crippen LogP contribution in [-0.2, 0) is 0 Å². The second kappa shape index (κ2) is 5.88. The highest BCUT2D eigenvalue weighted by Gasteiger charge is 2.18. The molecule has 1 aliphatic rings. The second-order valence-electron chi connectivity index (χ2n) is 4.86. The topological polar surface area (TPSA) is 15.3 Å². The van der Waals surface area contributed by atoms with Gasteiger partial charge in [-0.05, 0) is 37.5 Å². The van der Waals surface area contributed by atoms with Crippen LogP contribution in [0.2, 0.25) is 0 Å². The van der Waals surface area contributed by atoms with Crippen molar-refractivity contribution in [2.24, 2.45) is 0 Å². The molecule has 1 saturated heterocycles. The summed E-state index contributed by atoms with van der Waals surface area (Å²) in [6, 6.07) is 5.30. The van der Waals surface area contributed by atoms with Crippen LogP contribution in [0.3, 0.4) is 0 Å². The summed E-state index contributed by atoms with van der Waals surface area (Å²) >= 11 is 0. The lowest BCUT2D eigenvalue weighted by Crippen LogP contribution is -2.39. The molecule has 0 spiro atoms. The zero-order valence-electron chi connectivity index (χ0n) is 10.7. The summed E-state index contributed by atoms with van der Waals surface area (Å²) in [6.45, 7) is 4.74. The van der Waals surface area contributed by atoms with Gasteiger partial charge in [-0.15, -0.1) is 6.42 Å². The second-order valence-corrected chi connectivity index (χ2v) is 4.86. The summed E-state index contributed by atoms with van der Waals surface area (Å²) in [5.74, 6) is 2.49. The van der Waals surface area contributed by atoms with E-state index in [2.05, 4.69) is 16.1 Å². The number of rotatable bonds is 3. The summed E-state index contributed by atoms with van der Waals surface area (Å²) in [5.41, 5.74) is 1.99. The summed E-state index contributed by atoms with van der Waals surface area (Å²) in [4.78, 5) is 2.27. The van der Waals surface area contributed by atoms with Crippen LogP contribution in [0.25, 0.3) is 0 Å². The molecule has 0 aliphatic carbocycles. The van der Waals surface area contributed by atoms with Gasteiger partial charge >= 0.3 is 0 Å². The molecule has 1 aliphatic heterocycles. The number of nitrogens with one attached hydrogen (secondary N) is 1. The average Bonchev–Trinajstić information content (AvgIpc) is 2.37. The molecule has 3 heteroatoms. The van der Waals surface area contributed by atoms with Gasteiger partial charge in [0.25, 0.3) is 0 Å². The molecule has 1 aromatic rings. The van der Waals surface area contributed by atoms with Gasteiger partial charge in [0.15, 0.2) is 0 Å². The third kappa shape index (κ3) is 3.24. The first kappa shape index (κ1) is 12.9. The molecule has 1 heterocycles. The molecule has 1 aromatic carbocycles. The lowest BCUT2D eigenvalue weighted by atomic mass is 10.0. The van der Waals surface area contributed by atoms with Crippen molar-refractivity contribution in [3.8, 4) is 12.3 Å². The Morgan fingerprint density at radius 1 is 1.44 bits per heavy atom. The number of benzene rings is 1. The van der Waals surface area contributed by atoms with E-state index in [-0.39, 0.29) is 5.82 Å². The standard InChI is InChI=1S/C15H19FN2/c1-3-8-18-9-6-14(7-10-18)17-15-11-13(16)5-4-12(15)2/h1,4-5,11,14,17H,6-10H2,2H3. The molecule has 0 amide bonds. The molecule has 0 saturated carbocycles. The lowest BCUT2D eigenvalue weighted by molar-refractivity contribution is 0.243. The number of hydrogen-bond acceptors (Lipinski definition) is 2. The number of piperidine rings is 1. The molecule has 0 aromatic heterocycles. The van der Waals surface area contributed by atoms with E-state index in [4.69, 9.17) is 6.42 Å². The lowest BCUT2D eigenvalue weighted by Gasteiger charge is -2.32. The smallest absolute Gasteiger partial charge is 0.125 e. The van der Waals surface area contributed by atoms with Crippen LogP contribution < -0.4 is 5.32 Å². The van der Waals surface area contributed by atoms with Crippen LogP contribution >= 0.6 is 0 Å². The van der Waals surface area contributed by atoms with Crippen molar-refractivity contribution in [1.82, 2.24) is 4.90 Å². The van der Waals surface area contributed by atoms with E-state index >= 15 is 0 Å². The average molecular weight is 246 g/mol. The van der Waals surface area contributed by atoms with Crippen molar-refractivity contribution < 1.29 is 4.39 Å². The Morgan fingerprint density at radius 2 is 2.17 bits per heavy atom. The number of aryl methyl sites for hydroxylation is 1. The van der Waals surface area contributed by atoms with E-state index in [1.165, 1.54) is 6.07 Å². The van der Waals surface area contributed by atoms with Crippen LogP contribution in [0.4, 0.5) is 10.1 Å². The fraction of sp³-hybridized carbons (Fsp3) is 0.467. The molecule has 96 valence electrons. The van der Waals surface area contributed by atoms with Crippen molar-refractivity contribution in [1.29, 1.82) is 0 Å². The number of halogens is 1. The highest BCUT2D eigenvalue weighted by Crippen LogP contribution is 2.20. The number of anilines is 1. The van der Waals surface area contributed by atoms with Crippen molar-refractivity contribution in [2.45, 2.75) is 25.8 Å². The van der Waals surface area contributed by atoms with Crippen molar-refractivity contribution >= 4 is 5.69 Å². The number of terminal acetylenes is 1. The van der Waals surface area contributed by atoms with Crippen LogP contribution in [0.1, 0.15) is 18.4 Å². The number of hydrogen-bond donors (Lipinski definition) is 1. The molecule has 0 unspecified atom stereocenters. The maximum Gasteiger partial charge on any atom is 0.125 e. The highest BCUT2D eigenvalue weighted by molar-refractivity contribution is 5.51. The minimum absolute atomic E-state index is 0.187. The predicted octanol–water partition coefficient (Wildman–Crippen LogP) is 2.64. The normalized spacial score (nSPS) is 17.4. The van der Waals surface area contributed by atoms with E-state index in [1.54, 1.807) is 6.07 Å². The van der Waals surface area contributed by atoms with Crippen LogP contribution in [0.15, 0.2) is 18.2 Å². The minimum atomic E-state index is -0.187. The fourth-order valence-corrected chi connectivity index (χ4v) is 2.33. The van der Waals surface area contributed by atoms with E-state index < -0.39 is 0 Å². The van der Waals surface area contributed by atoms with Gasteiger partial charge in [0, 0.05) is 24.8 Å². The zero-order chi connectivity index (χ0) is 13.0. The summed E-state index contributed by atoms with van der Waals surface area (Å²) in [7, 11) is 0. The molecule has 0 radical (unpaired) electrons. The largest absolute Gasteiger partial charge is 0.382 e. The zero-order valence-corrected chi connectivity index (χ0v) is 10.7.